The van der Waals surface area contributed by atoms with Gasteiger partial charge in [0.25, 0.3) is 0 Å². The van der Waals surface area contributed by atoms with E-state index in [1.165, 1.54) is 64.2 Å². The number of hydrogen-bond acceptors (Lipinski definition) is 5. The molecule has 2 atom stereocenters. The van der Waals surface area contributed by atoms with E-state index < -0.39 is 12.1 Å². The zero-order valence-electron chi connectivity index (χ0n) is 21.7. The predicted octanol–water partition coefficient (Wildman–Crippen LogP) is 3.99. The van der Waals surface area contributed by atoms with Crippen molar-refractivity contribution in [3.8, 4) is 0 Å². The van der Waals surface area contributed by atoms with Crippen molar-refractivity contribution >= 4 is 17.6 Å². The molecule has 0 radical (unpaired) electrons. The number of hydrogen-bond donors (Lipinski definition) is 3. The zero-order chi connectivity index (χ0) is 24.9. The van der Waals surface area contributed by atoms with Gasteiger partial charge in [-0.3, -0.25) is 9.59 Å². The van der Waals surface area contributed by atoms with E-state index in [4.69, 9.17) is 11.5 Å². The molecule has 0 bridgehead atoms. The topological polar surface area (TPSA) is 114 Å². The highest BCUT2D eigenvalue weighted by Gasteiger charge is 2.43. The average molecular weight is 484 g/mol. The van der Waals surface area contributed by atoms with Gasteiger partial charge in [-0.15, -0.1) is 0 Å². The van der Waals surface area contributed by atoms with E-state index in [2.05, 4.69) is 10.3 Å². The van der Waals surface area contributed by atoms with Gasteiger partial charge in [0.05, 0.1) is 6.04 Å². The van der Waals surface area contributed by atoms with E-state index in [1.54, 1.807) is 4.90 Å². The van der Waals surface area contributed by atoms with Gasteiger partial charge in [0.1, 0.15) is 11.9 Å². The molecule has 7 nitrogen and oxygen atoms in total. The molecule has 5 N–H and O–H groups in total. The fraction of sp³-hybridized carbons (Fsp3) is 0.750. The van der Waals surface area contributed by atoms with Crippen LogP contribution in [0.15, 0.2) is 6.07 Å². The van der Waals surface area contributed by atoms with E-state index in [0.717, 1.165) is 23.2 Å². The first-order chi connectivity index (χ1) is 16.9. The maximum atomic E-state index is 13.8. The first-order valence-electron chi connectivity index (χ1n) is 13.9. The number of carbonyl (C=O) groups excluding carboxylic acids is 2. The van der Waals surface area contributed by atoms with Gasteiger partial charge in [0.2, 0.25) is 11.8 Å². The lowest BCUT2D eigenvalue weighted by Gasteiger charge is -2.42. The van der Waals surface area contributed by atoms with Crippen molar-refractivity contribution in [2.45, 2.75) is 110 Å². The standard InChI is InChI=1S/C28H45N5O2/c1-18-16-24(29)32-19(2)22(18)17-31-27(34)23-14-9-15-33(23)28(35)26(30)25(20-10-5-3-6-11-20)21-12-7-4-8-13-21/h16,20-21,23,25-26H,3-15,17,30H2,1-2H3,(H2,29,32)(H,31,34)/t23-,26?/m0/s1. The molecule has 1 saturated heterocycles. The largest absolute Gasteiger partial charge is 0.384 e. The summed E-state index contributed by atoms with van der Waals surface area (Å²) in [5.74, 6) is 1.73. The second-order valence-corrected chi connectivity index (χ2v) is 11.2. The highest BCUT2D eigenvalue weighted by atomic mass is 16.2. The lowest BCUT2D eigenvalue weighted by Crippen LogP contribution is -2.55. The highest BCUT2D eigenvalue weighted by Crippen LogP contribution is 2.42. The molecule has 35 heavy (non-hydrogen) atoms. The molecule has 7 heteroatoms. The Morgan fingerprint density at radius 1 is 1.00 bits per heavy atom. The van der Waals surface area contributed by atoms with Crippen LogP contribution in [-0.2, 0) is 16.1 Å². The molecular weight excluding hydrogens is 438 g/mol. The van der Waals surface area contributed by atoms with Crippen LogP contribution < -0.4 is 16.8 Å². The van der Waals surface area contributed by atoms with Crippen LogP contribution in [0.3, 0.4) is 0 Å². The smallest absolute Gasteiger partial charge is 0.243 e. The Bertz CT molecular complexity index is 850. The van der Waals surface area contributed by atoms with Gasteiger partial charge in [-0.2, -0.15) is 0 Å². The van der Waals surface area contributed by atoms with Gasteiger partial charge in [-0.1, -0.05) is 64.2 Å². The number of nitrogens with one attached hydrogen (secondary N) is 1. The molecular formula is C28H45N5O2. The molecule has 2 aliphatic carbocycles. The third kappa shape index (κ3) is 5.99. The Hall–Kier alpha value is -2.15. The minimum absolute atomic E-state index is 0.00897. The van der Waals surface area contributed by atoms with E-state index in [0.29, 0.717) is 37.2 Å². The number of aryl methyl sites for hydroxylation is 2. The molecule has 0 spiro atoms. The van der Waals surface area contributed by atoms with Crippen molar-refractivity contribution in [1.82, 2.24) is 15.2 Å². The van der Waals surface area contributed by atoms with Crippen molar-refractivity contribution in [3.63, 3.8) is 0 Å². The first kappa shape index (κ1) is 25.9. The Balaban J connectivity index is 1.44. The summed E-state index contributed by atoms with van der Waals surface area (Å²) >= 11 is 0. The monoisotopic (exact) mass is 483 g/mol. The van der Waals surface area contributed by atoms with Crippen LogP contribution in [0.2, 0.25) is 0 Å². The summed E-state index contributed by atoms with van der Waals surface area (Å²) < 4.78 is 0. The second-order valence-electron chi connectivity index (χ2n) is 11.2. The molecule has 2 heterocycles. The highest BCUT2D eigenvalue weighted by molar-refractivity contribution is 5.90. The Kier molecular flexibility index (Phi) is 8.68. The fourth-order valence-corrected chi connectivity index (χ4v) is 7.12. The molecule has 4 rings (SSSR count). The number of anilines is 1. The van der Waals surface area contributed by atoms with Crippen LogP contribution in [0.1, 0.15) is 93.9 Å². The molecule has 2 saturated carbocycles. The molecule has 2 amide bonds. The lowest BCUT2D eigenvalue weighted by molar-refractivity contribution is -0.141. The fourth-order valence-electron chi connectivity index (χ4n) is 7.12. The number of amides is 2. The quantitative estimate of drug-likeness (QED) is 0.542. The normalized spacial score (nSPS) is 23.0. The molecule has 1 aromatic rings. The Morgan fingerprint density at radius 2 is 1.60 bits per heavy atom. The molecule has 1 aliphatic heterocycles. The van der Waals surface area contributed by atoms with Crippen molar-refractivity contribution in [3.05, 3.63) is 22.9 Å². The lowest BCUT2D eigenvalue weighted by atomic mass is 9.66. The summed E-state index contributed by atoms with van der Waals surface area (Å²) in [5.41, 5.74) is 15.5. The van der Waals surface area contributed by atoms with Crippen molar-refractivity contribution in [2.75, 3.05) is 12.3 Å². The van der Waals surface area contributed by atoms with Crippen LogP contribution in [0.4, 0.5) is 5.82 Å². The van der Waals surface area contributed by atoms with Gasteiger partial charge in [0, 0.05) is 18.8 Å². The van der Waals surface area contributed by atoms with E-state index in [-0.39, 0.29) is 17.7 Å². The van der Waals surface area contributed by atoms with Crippen molar-refractivity contribution in [2.24, 2.45) is 23.5 Å². The minimum Gasteiger partial charge on any atom is -0.384 e. The van der Waals surface area contributed by atoms with E-state index >= 15 is 0 Å². The summed E-state index contributed by atoms with van der Waals surface area (Å²) in [6.45, 7) is 4.90. The summed E-state index contributed by atoms with van der Waals surface area (Å²) in [6, 6.07) is 0.893. The van der Waals surface area contributed by atoms with Gasteiger partial charge in [-0.25, -0.2) is 4.98 Å². The van der Waals surface area contributed by atoms with Gasteiger partial charge >= 0.3 is 0 Å². The summed E-state index contributed by atoms with van der Waals surface area (Å²) in [4.78, 5) is 33.2. The SMILES string of the molecule is Cc1cc(N)nc(C)c1CNC(=O)[C@@H]1CCCN1C(=O)C(N)C(C1CCCCC1)C1CCCCC1. The average Bonchev–Trinajstić information content (AvgIpc) is 3.34. The number of likely N-dealkylation sites (tertiary alicyclic amines) is 1. The zero-order valence-corrected chi connectivity index (χ0v) is 21.7. The van der Waals surface area contributed by atoms with Gasteiger partial charge < -0.3 is 21.7 Å². The van der Waals surface area contributed by atoms with Crippen LogP contribution in [-0.4, -0.2) is 40.3 Å². The van der Waals surface area contributed by atoms with Gasteiger partial charge in [0.15, 0.2) is 0 Å². The number of nitrogens with two attached hydrogens (primary N) is 2. The molecule has 3 aliphatic rings. The van der Waals surface area contributed by atoms with E-state index in [1.807, 2.05) is 19.9 Å². The Morgan fingerprint density at radius 3 is 2.17 bits per heavy atom. The number of pyridine rings is 1. The number of rotatable bonds is 7. The van der Waals surface area contributed by atoms with Crippen LogP contribution >= 0.6 is 0 Å². The Labute approximate surface area is 210 Å². The first-order valence-corrected chi connectivity index (χ1v) is 13.9. The van der Waals surface area contributed by atoms with Crippen LogP contribution in [0.25, 0.3) is 0 Å². The van der Waals surface area contributed by atoms with Crippen molar-refractivity contribution in [1.29, 1.82) is 0 Å². The molecule has 1 unspecified atom stereocenters. The number of nitrogens with zero attached hydrogens (tertiary/aromatic N) is 2. The number of nitrogen functional groups attached to an aromatic ring is 1. The second kappa shape index (κ2) is 11.7. The minimum atomic E-state index is -0.500. The third-order valence-electron chi connectivity index (χ3n) is 8.94. The summed E-state index contributed by atoms with van der Waals surface area (Å²) in [5, 5.41) is 3.07. The van der Waals surface area contributed by atoms with Crippen LogP contribution in [0, 0.1) is 31.6 Å². The maximum absolute atomic E-state index is 13.8. The third-order valence-corrected chi connectivity index (χ3v) is 8.94. The van der Waals surface area contributed by atoms with E-state index in [9.17, 15) is 9.59 Å². The molecule has 1 aromatic heterocycles. The van der Waals surface area contributed by atoms with Crippen LogP contribution in [0.5, 0.6) is 0 Å². The predicted molar refractivity (Wildman–Crippen MR) is 139 cm³/mol. The van der Waals surface area contributed by atoms with Crippen molar-refractivity contribution < 1.29 is 9.59 Å². The molecule has 3 fully saturated rings. The number of carbonyl (C=O) groups is 2. The number of aromatic nitrogens is 1. The molecule has 0 aromatic carbocycles. The summed E-state index contributed by atoms with van der Waals surface area (Å²) in [7, 11) is 0. The van der Waals surface area contributed by atoms with Gasteiger partial charge in [-0.05, 0) is 61.6 Å². The summed E-state index contributed by atoms with van der Waals surface area (Å²) in [6.07, 6.45) is 13.9. The maximum Gasteiger partial charge on any atom is 0.243 e. The molecule has 194 valence electrons.